The number of halogens is 1. The molecule has 1 aromatic heterocycles. The molecule has 0 bridgehead atoms. The number of hydrazine groups is 1. The van der Waals surface area contributed by atoms with E-state index < -0.39 is 11.7 Å². The monoisotopic (exact) mass is 583 g/mol. The molecule has 43 heavy (non-hydrogen) atoms. The molecule has 2 aromatic carbocycles. The number of benzene rings is 2. The van der Waals surface area contributed by atoms with Crippen LogP contribution in [0.2, 0.25) is 0 Å². The summed E-state index contributed by atoms with van der Waals surface area (Å²) in [6, 6.07) is 15.6. The first-order chi connectivity index (χ1) is 20.7. The van der Waals surface area contributed by atoms with Crippen molar-refractivity contribution in [1.29, 1.82) is 0 Å². The minimum atomic E-state index is -1.04. The largest absolute Gasteiger partial charge is 0.381 e. The molecule has 0 spiro atoms. The number of methoxy groups -OCH3 is 1. The summed E-state index contributed by atoms with van der Waals surface area (Å²) in [5.41, 5.74) is 4.21. The Morgan fingerprint density at radius 2 is 1.95 bits per heavy atom. The predicted octanol–water partition coefficient (Wildman–Crippen LogP) is 5.64. The minimum absolute atomic E-state index is 0.331. The number of amides is 1. The summed E-state index contributed by atoms with van der Waals surface area (Å²) >= 11 is 0. The Balaban J connectivity index is 1.42. The third-order valence-electron chi connectivity index (χ3n) is 7.81. The molecule has 3 aromatic rings. The van der Waals surface area contributed by atoms with Gasteiger partial charge in [0.2, 0.25) is 0 Å². The van der Waals surface area contributed by atoms with E-state index >= 15 is 0 Å². The second-order valence-corrected chi connectivity index (χ2v) is 11.0. The maximum Gasteiger partial charge on any atom is 0.283 e. The van der Waals surface area contributed by atoms with Crippen molar-refractivity contribution in [2.75, 3.05) is 12.4 Å². The van der Waals surface area contributed by atoms with Crippen molar-refractivity contribution in [3.63, 3.8) is 0 Å². The zero-order valence-corrected chi connectivity index (χ0v) is 24.8. The fourth-order valence-electron chi connectivity index (χ4n) is 5.49. The molecule has 10 heteroatoms. The highest BCUT2D eigenvalue weighted by Gasteiger charge is 2.25. The van der Waals surface area contributed by atoms with Crippen LogP contribution in [0.4, 0.5) is 10.1 Å². The number of aromatic nitrogens is 1. The number of amidine groups is 1. The number of rotatable bonds is 8. The van der Waals surface area contributed by atoms with Crippen LogP contribution in [0.1, 0.15) is 45.1 Å². The van der Waals surface area contributed by atoms with Crippen LogP contribution in [-0.4, -0.2) is 41.0 Å². The van der Waals surface area contributed by atoms with Gasteiger partial charge in [-0.05, 0) is 74.3 Å². The van der Waals surface area contributed by atoms with E-state index in [4.69, 9.17) is 20.6 Å². The van der Waals surface area contributed by atoms with E-state index in [9.17, 15) is 9.18 Å². The van der Waals surface area contributed by atoms with Crippen LogP contribution in [0.5, 0.6) is 0 Å². The standard InChI is InChI=1S/C33H38FN7O2/c1-20(2)32-40-29(38-24-9-12-26(43-4)13-10-24)18-30(41(32)35)37-19-23-7-5-6-8-27(23)31-28-14-11-25(39-33(42)21(3)34)17-22(28)15-16-36-31/h5-8,11,14-18,24,26,38,40H,3,9-10,12-13,19,35H2,1-2,4H3,(H,39,42). The maximum atomic E-state index is 13.2. The number of aliphatic imine (C=N–C) groups is 1. The van der Waals surface area contributed by atoms with Gasteiger partial charge in [0.05, 0.1) is 18.3 Å². The Labute approximate surface area is 251 Å². The van der Waals surface area contributed by atoms with Gasteiger partial charge < -0.3 is 20.7 Å². The SMILES string of the molecule is C=C(F)C(=O)Nc1ccc2c(-c3ccccc3CN=C3C=C(NC4CCC(OC)CC4)NC(=C(C)C)N3N)nccc2c1. The number of pyridine rings is 1. The Hall–Kier alpha value is -4.54. The van der Waals surface area contributed by atoms with Crippen molar-refractivity contribution in [3.8, 4) is 11.3 Å². The van der Waals surface area contributed by atoms with Crippen molar-refractivity contribution in [3.05, 3.63) is 96.0 Å². The molecule has 0 atom stereocenters. The molecule has 1 amide bonds. The quantitative estimate of drug-likeness (QED) is 0.200. The number of anilines is 1. The second-order valence-electron chi connectivity index (χ2n) is 11.0. The topological polar surface area (TPSA) is 117 Å². The Bertz CT molecular complexity index is 1620. The number of fused-ring (bicyclic) bond motifs is 1. The highest BCUT2D eigenvalue weighted by atomic mass is 19.1. The summed E-state index contributed by atoms with van der Waals surface area (Å²) in [4.78, 5) is 21.4. The van der Waals surface area contributed by atoms with Crippen molar-refractivity contribution < 1.29 is 13.9 Å². The molecular formula is C33H38FN7O2. The van der Waals surface area contributed by atoms with E-state index in [1.165, 1.54) is 0 Å². The third kappa shape index (κ3) is 6.93. The number of nitrogens with two attached hydrogens (primary N) is 1. The molecule has 2 heterocycles. The molecule has 1 aliphatic carbocycles. The number of ether oxygens (including phenoxy) is 1. The number of nitrogens with one attached hydrogen (secondary N) is 3. The van der Waals surface area contributed by atoms with Crippen LogP contribution in [-0.2, 0) is 16.1 Å². The van der Waals surface area contributed by atoms with Crippen molar-refractivity contribution in [2.24, 2.45) is 10.8 Å². The lowest BCUT2D eigenvalue weighted by molar-refractivity contribution is -0.114. The highest BCUT2D eigenvalue weighted by molar-refractivity contribution is 6.04. The van der Waals surface area contributed by atoms with Gasteiger partial charge in [-0.1, -0.05) is 36.9 Å². The fourth-order valence-corrected chi connectivity index (χ4v) is 5.49. The van der Waals surface area contributed by atoms with Gasteiger partial charge in [-0.3, -0.25) is 14.8 Å². The maximum absolute atomic E-state index is 13.2. The van der Waals surface area contributed by atoms with Gasteiger partial charge in [0, 0.05) is 42.1 Å². The van der Waals surface area contributed by atoms with Crippen molar-refractivity contribution >= 4 is 28.2 Å². The van der Waals surface area contributed by atoms with E-state index in [1.807, 2.05) is 56.3 Å². The van der Waals surface area contributed by atoms with Gasteiger partial charge in [-0.15, -0.1) is 0 Å². The van der Waals surface area contributed by atoms with Crippen molar-refractivity contribution in [1.82, 2.24) is 20.6 Å². The van der Waals surface area contributed by atoms with Crippen molar-refractivity contribution in [2.45, 2.75) is 58.2 Å². The number of carbonyl (C=O) groups is 1. The van der Waals surface area contributed by atoms with Crippen LogP contribution in [0.25, 0.3) is 22.0 Å². The summed E-state index contributed by atoms with van der Waals surface area (Å²) in [7, 11) is 1.78. The molecule has 1 aliphatic heterocycles. The van der Waals surface area contributed by atoms with Gasteiger partial charge in [0.15, 0.2) is 5.83 Å². The molecule has 1 saturated carbocycles. The minimum Gasteiger partial charge on any atom is -0.381 e. The van der Waals surface area contributed by atoms with E-state index in [1.54, 1.807) is 30.4 Å². The molecular weight excluding hydrogens is 545 g/mol. The average Bonchev–Trinajstić information content (AvgIpc) is 3.01. The lowest BCUT2D eigenvalue weighted by Gasteiger charge is -2.34. The first-order valence-corrected chi connectivity index (χ1v) is 14.4. The number of hydrogen-bond acceptors (Lipinski definition) is 7. The zero-order valence-electron chi connectivity index (χ0n) is 24.8. The van der Waals surface area contributed by atoms with E-state index in [0.29, 0.717) is 30.2 Å². The number of carbonyl (C=O) groups excluding carboxylic acids is 1. The zero-order chi connectivity index (χ0) is 30.5. The van der Waals surface area contributed by atoms with Gasteiger partial charge in [0.1, 0.15) is 17.5 Å². The van der Waals surface area contributed by atoms with E-state index in [-0.39, 0.29) is 0 Å². The molecule has 0 saturated heterocycles. The summed E-state index contributed by atoms with van der Waals surface area (Å²) in [6.07, 6.45) is 8.13. The van der Waals surface area contributed by atoms with Crippen LogP contribution < -0.4 is 21.8 Å². The normalized spacial score (nSPS) is 19.6. The van der Waals surface area contributed by atoms with Gasteiger partial charge in [-0.25, -0.2) is 15.2 Å². The summed E-state index contributed by atoms with van der Waals surface area (Å²) < 4.78 is 18.7. The molecule has 224 valence electrons. The highest BCUT2D eigenvalue weighted by Crippen LogP contribution is 2.31. The van der Waals surface area contributed by atoms with E-state index in [0.717, 1.165) is 70.5 Å². The second kappa shape index (κ2) is 13.2. The lowest BCUT2D eigenvalue weighted by Crippen LogP contribution is -2.49. The smallest absolute Gasteiger partial charge is 0.283 e. The Morgan fingerprint density at radius 3 is 2.67 bits per heavy atom. The van der Waals surface area contributed by atoms with E-state index in [2.05, 4.69) is 22.5 Å². The predicted molar refractivity (Wildman–Crippen MR) is 169 cm³/mol. The first-order valence-electron chi connectivity index (χ1n) is 14.4. The molecule has 2 aliphatic rings. The third-order valence-corrected chi connectivity index (χ3v) is 7.81. The van der Waals surface area contributed by atoms with Gasteiger partial charge >= 0.3 is 0 Å². The average molecular weight is 584 g/mol. The number of nitrogens with zero attached hydrogens (tertiary/aromatic N) is 3. The molecule has 0 radical (unpaired) electrons. The van der Waals surface area contributed by atoms with Crippen LogP contribution in [0.15, 0.2) is 95.4 Å². The molecule has 5 N–H and O–H groups in total. The lowest BCUT2D eigenvalue weighted by atomic mass is 9.93. The summed E-state index contributed by atoms with van der Waals surface area (Å²) in [6.45, 7) is 7.46. The number of hydrogen-bond donors (Lipinski definition) is 4. The molecule has 0 unspecified atom stereocenters. The van der Waals surface area contributed by atoms with Crippen LogP contribution >= 0.6 is 0 Å². The van der Waals surface area contributed by atoms with Gasteiger partial charge in [-0.2, -0.15) is 0 Å². The first kappa shape index (κ1) is 29.9. The Kier molecular flexibility index (Phi) is 9.18. The molecule has 5 rings (SSSR count). The molecule has 9 nitrogen and oxygen atoms in total. The fraction of sp³-hybridized carbons (Fsp3) is 0.303. The Morgan fingerprint density at radius 1 is 1.19 bits per heavy atom. The van der Waals surface area contributed by atoms with Crippen LogP contribution in [0, 0.1) is 0 Å². The summed E-state index contributed by atoms with van der Waals surface area (Å²) in [5.74, 6) is 6.92. The molecule has 1 fully saturated rings. The number of allylic oxidation sites excluding steroid dienone is 1. The van der Waals surface area contributed by atoms with Crippen LogP contribution in [0.3, 0.4) is 0 Å². The summed E-state index contributed by atoms with van der Waals surface area (Å²) in [5, 5.41) is 12.9. The van der Waals surface area contributed by atoms with Gasteiger partial charge in [0.25, 0.3) is 5.91 Å².